The van der Waals surface area contributed by atoms with Crippen LogP contribution in [0, 0.1) is 5.82 Å². The molecule has 0 radical (unpaired) electrons. The minimum Gasteiger partial charge on any atom is -0.481 e. The molecule has 0 aromatic heterocycles. The Morgan fingerprint density at radius 2 is 2.14 bits per heavy atom. The van der Waals surface area contributed by atoms with Gasteiger partial charge in [-0.2, -0.15) is 0 Å². The molecule has 1 aromatic carbocycles. The van der Waals surface area contributed by atoms with Crippen LogP contribution < -0.4 is 5.73 Å². The molecule has 0 spiro atoms. The van der Waals surface area contributed by atoms with Gasteiger partial charge in [-0.05, 0) is 34.5 Å². The fourth-order valence-electron chi connectivity index (χ4n) is 2.31. The fraction of sp³-hybridized carbons (Fsp3) is 0.308. The molecule has 1 aliphatic heterocycles. The summed E-state index contributed by atoms with van der Waals surface area (Å²) in [6, 6.07) is 1.80. The van der Waals surface area contributed by atoms with Crippen LogP contribution in [-0.2, 0) is 16.1 Å². The predicted molar refractivity (Wildman–Crippen MR) is 73.8 cm³/mol. The van der Waals surface area contributed by atoms with Gasteiger partial charge in [-0.1, -0.05) is 0 Å². The highest BCUT2D eigenvalue weighted by molar-refractivity contribution is 9.10. The maximum atomic E-state index is 14.0. The molecule has 2 amide bonds. The molecule has 112 valence electrons. The molecule has 8 heteroatoms. The lowest BCUT2D eigenvalue weighted by Gasteiger charge is -2.24. The van der Waals surface area contributed by atoms with Gasteiger partial charge in [-0.3, -0.25) is 14.4 Å². The molecule has 1 aromatic rings. The second-order valence-corrected chi connectivity index (χ2v) is 5.53. The third kappa shape index (κ3) is 2.90. The lowest BCUT2D eigenvalue weighted by Crippen LogP contribution is -2.45. The Balaban J connectivity index is 2.30. The third-order valence-electron chi connectivity index (χ3n) is 3.35. The van der Waals surface area contributed by atoms with Gasteiger partial charge in [-0.25, -0.2) is 4.39 Å². The molecule has 0 saturated heterocycles. The van der Waals surface area contributed by atoms with E-state index in [2.05, 4.69) is 15.9 Å². The molecule has 21 heavy (non-hydrogen) atoms. The Labute approximate surface area is 127 Å². The molecule has 0 saturated carbocycles. The van der Waals surface area contributed by atoms with E-state index in [0.29, 0.717) is 0 Å². The number of primary amides is 1. The average molecular weight is 359 g/mol. The molecular formula is C13H12BrFN2O4. The van der Waals surface area contributed by atoms with Gasteiger partial charge in [0.1, 0.15) is 11.9 Å². The number of amides is 2. The number of carboxylic acids is 1. The van der Waals surface area contributed by atoms with E-state index in [1.165, 1.54) is 12.1 Å². The van der Waals surface area contributed by atoms with Crippen molar-refractivity contribution in [3.63, 3.8) is 0 Å². The molecule has 0 unspecified atom stereocenters. The van der Waals surface area contributed by atoms with Crippen molar-refractivity contribution in [2.45, 2.75) is 25.4 Å². The van der Waals surface area contributed by atoms with Gasteiger partial charge in [0.25, 0.3) is 5.91 Å². The van der Waals surface area contributed by atoms with Crippen molar-refractivity contribution in [2.75, 3.05) is 0 Å². The predicted octanol–water partition coefficient (Wildman–Crippen LogP) is 1.26. The van der Waals surface area contributed by atoms with Crippen LogP contribution in [0.5, 0.6) is 0 Å². The molecule has 1 heterocycles. The van der Waals surface area contributed by atoms with E-state index in [4.69, 9.17) is 10.8 Å². The van der Waals surface area contributed by atoms with Crippen molar-refractivity contribution in [1.82, 2.24) is 4.90 Å². The van der Waals surface area contributed by atoms with Gasteiger partial charge in [0.15, 0.2) is 0 Å². The zero-order valence-corrected chi connectivity index (χ0v) is 12.4. The van der Waals surface area contributed by atoms with E-state index in [1.807, 2.05) is 0 Å². The molecule has 1 atom stereocenters. The summed E-state index contributed by atoms with van der Waals surface area (Å²) in [5.41, 5.74) is 5.58. The normalized spacial score (nSPS) is 15.0. The first-order valence-corrected chi connectivity index (χ1v) is 6.91. The molecule has 0 fully saturated rings. The van der Waals surface area contributed by atoms with Crippen molar-refractivity contribution < 1.29 is 23.9 Å². The second kappa shape index (κ2) is 5.80. The lowest BCUT2D eigenvalue weighted by atomic mass is 10.1. The molecule has 6 nitrogen and oxygen atoms in total. The third-order valence-corrected chi connectivity index (χ3v) is 3.96. The monoisotopic (exact) mass is 358 g/mol. The molecular weight excluding hydrogens is 347 g/mol. The number of aliphatic carboxylic acids is 1. The average Bonchev–Trinajstić information content (AvgIpc) is 2.72. The Morgan fingerprint density at radius 3 is 2.71 bits per heavy atom. The number of carbonyl (C=O) groups excluding carboxylic acids is 2. The number of hydrogen-bond acceptors (Lipinski definition) is 3. The van der Waals surface area contributed by atoms with Gasteiger partial charge in [0.2, 0.25) is 5.91 Å². The number of nitrogens with zero attached hydrogens (tertiary/aromatic N) is 1. The van der Waals surface area contributed by atoms with Gasteiger partial charge in [0.05, 0.1) is 11.0 Å². The number of carbonyl (C=O) groups is 3. The molecule has 0 bridgehead atoms. The molecule has 2 rings (SSSR count). The number of carboxylic acid groups (broad SMARTS) is 1. The first kappa shape index (κ1) is 15.4. The van der Waals surface area contributed by atoms with Crippen molar-refractivity contribution in [3.05, 3.63) is 33.5 Å². The minimum atomic E-state index is -1.10. The quantitative estimate of drug-likeness (QED) is 0.827. The van der Waals surface area contributed by atoms with Crippen LogP contribution >= 0.6 is 15.9 Å². The zero-order chi connectivity index (χ0) is 15.7. The zero-order valence-electron chi connectivity index (χ0n) is 10.8. The van der Waals surface area contributed by atoms with E-state index in [0.717, 1.165) is 4.90 Å². The topological polar surface area (TPSA) is 101 Å². The summed E-state index contributed by atoms with van der Waals surface area (Å²) in [7, 11) is 0. The Morgan fingerprint density at radius 1 is 1.48 bits per heavy atom. The van der Waals surface area contributed by atoms with Crippen molar-refractivity contribution in [3.8, 4) is 0 Å². The number of fused-ring (bicyclic) bond motifs is 1. The maximum Gasteiger partial charge on any atom is 0.303 e. The van der Waals surface area contributed by atoms with Crippen LogP contribution in [0.2, 0.25) is 0 Å². The first-order valence-electron chi connectivity index (χ1n) is 6.12. The SMILES string of the molecule is NC(=O)[C@@H](CCC(=O)O)N1Cc2c(ccc(Br)c2F)C1=O. The minimum absolute atomic E-state index is 0.104. The van der Waals surface area contributed by atoms with E-state index < -0.39 is 29.6 Å². The second-order valence-electron chi connectivity index (χ2n) is 4.67. The Hall–Kier alpha value is -1.96. The molecule has 3 N–H and O–H groups in total. The summed E-state index contributed by atoms with van der Waals surface area (Å²) >= 11 is 3.03. The van der Waals surface area contributed by atoms with Gasteiger partial charge < -0.3 is 15.7 Å². The summed E-state index contributed by atoms with van der Waals surface area (Å²) in [6.07, 6.45) is -0.410. The Kier molecular flexibility index (Phi) is 4.26. The van der Waals surface area contributed by atoms with Crippen LogP contribution in [0.25, 0.3) is 0 Å². The van der Waals surface area contributed by atoms with Crippen LogP contribution in [0.4, 0.5) is 4.39 Å². The van der Waals surface area contributed by atoms with Gasteiger partial charge in [-0.15, -0.1) is 0 Å². The highest BCUT2D eigenvalue weighted by Crippen LogP contribution is 2.31. The number of rotatable bonds is 5. The van der Waals surface area contributed by atoms with Crippen molar-refractivity contribution >= 4 is 33.7 Å². The van der Waals surface area contributed by atoms with Crippen LogP contribution in [0.15, 0.2) is 16.6 Å². The largest absolute Gasteiger partial charge is 0.481 e. The Bertz CT molecular complexity index is 635. The van der Waals surface area contributed by atoms with E-state index in [9.17, 15) is 18.8 Å². The van der Waals surface area contributed by atoms with Crippen LogP contribution in [0.1, 0.15) is 28.8 Å². The molecule has 1 aliphatic rings. The summed E-state index contributed by atoms with van der Waals surface area (Å²) in [6.45, 7) is -0.104. The van der Waals surface area contributed by atoms with E-state index in [-0.39, 0.29) is 35.0 Å². The number of halogens is 2. The highest BCUT2D eigenvalue weighted by atomic mass is 79.9. The fourth-order valence-corrected chi connectivity index (χ4v) is 2.68. The van der Waals surface area contributed by atoms with Crippen molar-refractivity contribution in [1.29, 1.82) is 0 Å². The maximum absolute atomic E-state index is 14.0. The van der Waals surface area contributed by atoms with E-state index in [1.54, 1.807) is 0 Å². The molecule has 0 aliphatic carbocycles. The summed E-state index contributed by atoms with van der Waals surface area (Å²) in [4.78, 5) is 35.5. The van der Waals surface area contributed by atoms with Crippen LogP contribution in [0.3, 0.4) is 0 Å². The number of benzene rings is 1. The smallest absolute Gasteiger partial charge is 0.303 e. The van der Waals surface area contributed by atoms with Gasteiger partial charge >= 0.3 is 5.97 Å². The highest BCUT2D eigenvalue weighted by Gasteiger charge is 2.37. The van der Waals surface area contributed by atoms with Crippen LogP contribution in [-0.4, -0.2) is 33.8 Å². The van der Waals surface area contributed by atoms with E-state index >= 15 is 0 Å². The summed E-state index contributed by atoms with van der Waals surface area (Å²) in [5.74, 6) is -2.99. The van der Waals surface area contributed by atoms with Crippen molar-refractivity contribution in [2.24, 2.45) is 5.73 Å². The lowest BCUT2D eigenvalue weighted by molar-refractivity contribution is -0.137. The number of hydrogen-bond donors (Lipinski definition) is 2. The number of nitrogens with two attached hydrogens (primary N) is 1. The summed E-state index contributed by atoms with van der Waals surface area (Å²) < 4.78 is 14.2. The standard InChI is InChI=1S/C13H12BrFN2O4/c14-8-2-1-6-7(11(8)15)5-17(13(6)21)9(12(16)20)3-4-10(18)19/h1-2,9H,3-5H2,(H2,16,20)(H,18,19)/t9-/m1/s1. The first-order chi connectivity index (χ1) is 9.82. The summed E-state index contributed by atoms with van der Waals surface area (Å²) in [5, 5.41) is 8.69. The van der Waals surface area contributed by atoms with Gasteiger partial charge in [0, 0.05) is 17.5 Å².